The first-order valence-corrected chi connectivity index (χ1v) is 9.59. The van der Waals surface area contributed by atoms with E-state index < -0.39 is 23.1 Å². The minimum Gasteiger partial charge on any atom is -0.504 e. The number of nitrogens with one attached hydrogen (secondary N) is 3. The Bertz CT molecular complexity index is 1420. The van der Waals surface area contributed by atoms with Crippen LogP contribution in [0.5, 0.6) is 5.75 Å². The zero-order valence-electron chi connectivity index (χ0n) is 16.6. The van der Waals surface area contributed by atoms with Gasteiger partial charge >= 0.3 is 5.69 Å². The highest BCUT2D eigenvalue weighted by Gasteiger charge is 2.18. The normalized spacial score (nSPS) is 10.8. The Morgan fingerprint density at radius 3 is 2.50 bits per heavy atom. The number of benzene rings is 2. The number of fused-ring (bicyclic) bond motifs is 1. The van der Waals surface area contributed by atoms with Crippen molar-refractivity contribution in [3.05, 3.63) is 87.3 Å². The van der Waals surface area contributed by atoms with Gasteiger partial charge in [-0.25, -0.2) is 9.48 Å². The zero-order valence-corrected chi connectivity index (χ0v) is 16.6. The first-order valence-electron chi connectivity index (χ1n) is 9.59. The van der Waals surface area contributed by atoms with Gasteiger partial charge in [0.05, 0.1) is 22.8 Å². The second kappa shape index (κ2) is 8.60. The molecule has 11 nitrogen and oxygen atoms in total. The number of hydrogen-bond acceptors (Lipinski definition) is 6. The summed E-state index contributed by atoms with van der Waals surface area (Å²) in [5.74, 6) is -1.74. The number of amides is 2. The summed E-state index contributed by atoms with van der Waals surface area (Å²) in [4.78, 5) is 50.7. The van der Waals surface area contributed by atoms with Gasteiger partial charge in [-0.05, 0) is 24.3 Å². The predicted molar refractivity (Wildman–Crippen MR) is 114 cm³/mol. The lowest BCUT2D eigenvalue weighted by molar-refractivity contribution is -0.122. The Kier molecular flexibility index (Phi) is 5.53. The molecule has 0 unspecified atom stereocenters. The van der Waals surface area contributed by atoms with Gasteiger partial charge in [-0.3, -0.25) is 34.8 Å². The minimum absolute atomic E-state index is 0.0221. The van der Waals surface area contributed by atoms with Crippen molar-refractivity contribution >= 4 is 22.7 Å². The predicted octanol–water partition coefficient (Wildman–Crippen LogP) is 0.432. The minimum atomic E-state index is -0.808. The van der Waals surface area contributed by atoms with E-state index in [2.05, 4.69) is 20.9 Å². The number of H-pyrrole nitrogens is 1. The van der Waals surface area contributed by atoms with Crippen molar-refractivity contribution in [1.82, 2.24) is 30.2 Å². The molecule has 2 amide bonds. The fourth-order valence-corrected chi connectivity index (χ4v) is 3.17. The van der Waals surface area contributed by atoms with Crippen LogP contribution in [0, 0.1) is 0 Å². The number of aromatic amines is 1. The largest absolute Gasteiger partial charge is 0.504 e. The molecule has 32 heavy (non-hydrogen) atoms. The molecule has 2 aromatic heterocycles. The van der Waals surface area contributed by atoms with Gasteiger partial charge in [-0.1, -0.05) is 30.3 Å². The number of nitrogens with zero attached hydrogens (tertiary/aromatic N) is 3. The van der Waals surface area contributed by atoms with Crippen molar-refractivity contribution in [3.63, 3.8) is 0 Å². The van der Waals surface area contributed by atoms with E-state index in [0.717, 1.165) is 0 Å². The molecule has 11 heteroatoms. The van der Waals surface area contributed by atoms with Crippen LogP contribution in [0.15, 0.2) is 70.4 Å². The lowest BCUT2D eigenvalue weighted by Gasteiger charge is -2.10. The number of rotatable bonds is 5. The first-order chi connectivity index (χ1) is 15.4. The second-order valence-electron chi connectivity index (χ2n) is 6.82. The molecule has 0 aliphatic carbocycles. The monoisotopic (exact) mass is 434 g/mol. The molecule has 4 N–H and O–H groups in total. The third-order valence-corrected chi connectivity index (χ3v) is 4.71. The SMILES string of the molecule is O=C(CCn1c(=O)[nH]c(=O)c2ccccc21)NNC(=O)c1nn(-c2ccccc2)cc1O. The number of hydrogen-bond donors (Lipinski definition) is 4. The van der Waals surface area contributed by atoms with Crippen LogP contribution in [0.2, 0.25) is 0 Å². The van der Waals surface area contributed by atoms with E-state index in [9.17, 15) is 24.3 Å². The number of aryl methyl sites for hydroxylation is 1. The molecule has 0 spiro atoms. The molecule has 162 valence electrons. The third kappa shape index (κ3) is 4.12. The molecular weight excluding hydrogens is 416 g/mol. The molecule has 2 aromatic carbocycles. The lowest BCUT2D eigenvalue weighted by Crippen LogP contribution is -2.42. The number of carbonyl (C=O) groups is 2. The van der Waals surface area contributed by atoms with E-state index in [1.807, 2.05) is 6.07 Å². The summed E-state index contributed by atoms with van der Waals surface area (Å²) in [6, 6.07) is 15.4. The Labute approximate surface area is 179 Å². The van der Waals surface area contributed by atoms with Crippen molar-refractivity contribution in [2.75, 3.05) is 0 Å². The van der Waals surface area contributed by atoms with Gasteiger partial charge in [-0.2, -0.15) is 5.10 Å². The van der Waals surface area contributed by atoms with Crippen LogP contribution in [0.25, 0.3) is 16.6 Å². The molecule has 4 aromatic rings. The van der Waals surface area contributed by atoms with Gasteiger partial charge in [0, 0.05) is 13.0 Å². The van der Waals surface area contributed by atoms with Crippen LogP contribution in [0.1, 0.15) is 16.9 Å². The third-order valence-electron chi connectivity index (χ3n) is 4.71. The van der Waals surface area contributed by atoms with Crippen molar-refractivity contribution in [1.29, 1.82) is 0 Å². The molecule has 0 bridgehead atoms. The number of hydrazine groups is 1. The zero-order chi connectivity index (χ0) is 22.7. The van der Waals surface area contributed by atoms with Gasteiger partial charge in [0.15, 0.2) is 11.4 Å². The van der Waals surface area contributed by atoms with Gasteiger partial charge in [0.2, 0.25) is 5.91 Å². The quantitative estimate of drug-likeness (QED) is 0.335. The van der Waals surface area contributed by atoms with E-state index in [4.69, 9.17) is 0 Å². The maximum Gasteiger partial charge on any atom is 0.328 e. The van der Waals surface area contributed by atoms with Gasteiger partial charge in [0.1, 0.15) is 0 Å². The standard InChI is InChI=1S/C21H18N6O5/c28-16-12-27(13-6-2-1-3-7-13)25-18(16)20(31)24-23-17(29)10-11-26-15-9-5-4-8-14(15)19(30)22-21(26)32/h1-9,12,28H,10-11H2,(H,23,29)(H,24,31)(H,22,30,32). The molecule has 0 fully saturated rings. The molecule has 4 rings (SSSR count). The van der Waals surface area contributed by atoms with Crippen LogP contribution in [-0.2, 0) is 11.3 Å². The summed E-state index contributed by atoms with van der Waals surface area (Å²) < 4.78 is 2.60. The Balaban J connectivity index is 1.40. The number of carbonyl (C=O) groups excluding carboxylic acids is 2. The van der Waals surface area contributed by atoms with Crippen LogP contribution >= 0.6 is 0 Å². The maximum atomic E-state index is 12.3. The molecular formula is C21H18N6O5. The summed E-state index contributed by atoms with van der Waals surface area (Å²) in [6.45, 7) is -0.0221. The topological polar surface area (TPSA) is 151 Å². The van der Waals surface area contributed by atoms with E-state index in [-0.39, 0.29) is 24.4 Å². The van der Waals surface area contributed by atoms with Crippen LogP contribution in [0.3, 0.4) is 0 Å². The van der Waals surface area contributed by atoms with Gasteiger partial charge < -0.3 is 5.11 Å². The van der Waals surface area contributed by atoms with Crippen molar-refractivity contribution in [2.24, 2.45) is 0 Å². The second-order valence-corrected chi connectivity index (χ2v) is 6.82. The summed E-state index contributed by atoms with van der Waals surface area (Å²) in [6.07, 6.45) is 1.13. The molecule has 0 saturated carbocycles. The average Bonchev–Trinajstić information content (AvgIpc) is 3.19. The Hall–Kier alpha value is -4.67. The van der Waals surface area contributed by atoms with Crippen molar-refractivity contribution in [3.8, 4) is 11.4 Å². The maximum absolute atomic E-state index is 12.3. The van der Waals surface area contributed by atoms with Gasteiger partial charge in [0.25, 0.3) is 11.5 Å². The number of para-hydroxylation sites is 2. The molecule has 0 radical (unpaired) electrons. The van der Waals surface area contributed by atoms with Crippen LogP contribution in [0.4, 0.5) is 0 Å². The van der Waals surface area contributed by atoms with Crippen molar-refractivity contribution < 1.29 is 14.7 Å². The van der Waals surface area contributed by atoms with Crippen LogP contribution in [-0.4, -0.2) is 36.3 Å². The summed E-state index contributed by atoms with van der Waals surface area (Å²) in [5.41, 5.74) is 4.03. The summed E-state index contributed by atoms with van der Waals surface area (Å²) in [5, 5.41) is 14.4. The van der Waals surface area contributed by atoms with E-state index in [0.29, 0.717) is 16.6 Å². The van der Waals surface area contributed by atoms with E-state index >= 15 is 0 Å². The fourth-order valence-electron chi connectivity index (χ4n) is 3.17. The number of aromatic nitrogens is 4. The molecule has 2 heterocycles. The Morgan fingerprint density at radius 2 is 1.72 bits per heavy atom. The number of aromatic hydroxyl groups is 1. The Morgan fingerprint density at radius 1 is 1.00 bits per heavy atom. The van der Waals surface area contributed by atoms with E-state index in [1.54, 1.807) is 48.5 Å². The molecule has 0 aliphatic rings. The molecule has 0 atom stereocenters. The van der Waals surface area contributed by atoms with E-state index in [1.165, 1.54) is 15.4 Å². The summed E-state index contributed by atoms with van der Waals surface area (Å²) >= 11 is 0. The summed E-state index contributed by atoms with van der Waals surface area (Å²) in [7, 11) is 0. The van der Waals surface area contributed by atoms with Gasteiger partial charge in [-0.15, -0.1) is 0 Å². The fraction of sp³-hybridized carbons (Fsp3) is 0.0952. The van der Waals surface area contributed by atoms with Crippen molar-refractivity contribution in [2.45, 2.75) is 13.0 Å². The highest BCUT2D eigenvalue weighted by atomic mass is 16.3. The van der Waals surface area contributed by atoms with Crippen LogP contribution < -0.4 is 22.1 Å². The highest BCUT2D eigenvalue weighted by Crippen LogP contribution is 2.17. The highest BCUT2D eigenvalue weighted by molar-refractivity contribution is 5.95. The lowest BCUT2D eigenvalue weighted by atomic mass is 10.2. The molecule has 0 aliphatic heterocycles. The first kappa shape index (κ1) is 20.6. The molecule has 0 saturated heterocycles. The average molecular weight is 434 g/mol. The smallest absolute Gasteiger partial charge is 0.328 e.